The lowest BCUT2D eigenvalue weighted by Crippen LogP contribution is -2.31. The smallest absolute Gasteiger partial charge is 0.300 e. The third kappa shape index (κ3) is 4.35. The summed E-state index contributed by atoms with van der Waals surface area (Å²) in [5.41, 5.74) is 1.87. The van der Waals surface area contributed by atoms with Gasteiger partial charge in [-0.3, -0.25) is 0 Å². The lowest BCUT2D eigenvalue weighted by atomic mass is 10.1. The molecule has 0 unspecified atom stereocenters. The first kappa shape index (κ1) is 16.9. The Morgan fingerprint density at radius 3 is 2.50 bits per heavy atom. The number of piperidine rings is 1. The number of rotatable bonds is 7. The van der Waals surface area contributed by atoms with E-state index in [9.17, 15) is 0 Å². The van der Waals surface area contributed by atoms with Gasteiger partial charge < -0.3 is 19.4 Å². The van der Waals surface area contributed by atoms with Crippen molar-refractivity contribution < 1.29 is 9.47 Å². The Kier molecular flexibility index (Phi) is 5.36. The van der Waals surface area contributed by atoms with Crippen molar-refractivity contribution in [3.05, 3.63) is 48.5 Å². The van der Waals surface area contributed by atoms with Crippen molar-refractivity contribution in [1.82, 2.24) is 14.9 Å². The van der Waals surface area contributed by atoms with E-state index in [4.69, 9.17) is 9.47 Å². The molecule has 5 nitrogen and oxygen atoms in total. The van der Waals surface area contributed by atoms with Crippen molar-refractivity contribution in [3.8, 4) is 17.5 Å². The highest BCUT2D eigenvalue weighted by Crippen LogP contribution is 2.24. The molecule has 0 amide bonds. The van der Waals surface area contributed by atoms with Crippen LogP contribution in [0.5, 0.6) is 17.5 Å². The van der Waals surface area contributed by atoms with Gasteiger partial charge in [0.05, 0.1) is 17.6 Å². The minimum absolute atomic E-state index is 0.501. The van der Waals surface area contributed by atoms with Gasteiger partial charge in [0.1, 0.15) is 11.5 Å². The molecule has 5 heteroatoms. The van der Waals surface area contributed by atoms with Gasteiger partial charge in [-0.1, -0.05) is 18.6 Å². The average molecular weight is 351 g/mol. The molecule has 2 aromatic carbocycles. The Balaban J connectivity index is 1.25. The van der Waals surface area contributed by atoms with Crippen LogP contribution in [0.3, 0.4) is 0 Å². The maximum Gasteiger partial charge on any atom is 0.300 e. The summed E-state index contributed by atoms with van der Waals surface area (Å²) < 4.78 is 11.6. The summed E-state index contributed by atoms with van der Waals surface area (Å²) in [5.74, 6) is 1.62. The summed E-state index contributed by atoms with van der Waals surface area (Å²) in [4.78, 5) is 10.1. The van der Waals surface area contributed by atoms with Crippen LogP contribution < -0.4 is 9.47 Å². The number of fused-ring (bicyclic) bond motifs is 1. The Bertz CT molecular complexity index is 790. The van der Waals surface area contributed by atoms with Crippen molar-refractivity contribution in [1.29, 1.82) is 0 Å². The molecule has 1 aromatic heterocycles. The third-order valence-electron chi connectivity index (χ3n) is 4.74. The van der Waals surface area contributed by atoms with Gasteiger partial charge in [0, 0.05) is 6.54 Å². The van der Waals surface area contributed by atoms with Gasteiger partial charge in [0.2, 0.25) is 0 Å². The molecule has 2 heterocycles. The molecule has 1 N–H and O–H groups in total. The second kappa shape index (κ2) is 8.23. The zero-order chi connectivity index (χ0) is 17.6. The van der Waals surface area contributed by atoms with E-state index in [1.54, 1.807) is 0 Å². The fraction of sp³-hybridized carbons (Fsp3) is 0.381. The van der Waals surface area contributed by atoms with Crippen LogP contribution in [0.4, 0.5) is 0 Å². The number of nitrogens with zero attached hydrogens (tertiary/aromatic N) is 2. The third-order valence-corrected chi connectivity index (χ3v) is 4.74. The van der Waals surface area contributed by atoms with Crippen LogP contribution in [-0.2, 0) is 0 Å². The molecule has 1 aliphatic rings. The summed E-state index contributed by atoms with van der Waals surface area (Å²) in [5, 5.41) is 0. The van der Waals surface area contributed by atoms with E-state index in [-0.39, 0.29) is 0 Å². The molecule has 0 atom stereocenters. The van der Waals surface area contributed by atoms with Gasteiger partial charge in [0.15, 0.2) is 0 Å². The number of imidazole rings is 1. The van der Waals surface area contributed by atoms with Crippen LogP contribution in [0, 0.1) is 0 Å². The normalized spacial score (nSPS) is 15.2. The average Bonchev–Trinajstić information content (AvgIpc) is 3.10. The highest BCUT2D eigenvalue weighted by atomic mass is 16.5. The maximum atomic E-state index is 5.84. The van der Waals surface area contributed by atoms with Gasteiger partial charge in [0.25, 0.3) is 6.01 Å². The molecule has 0 bridgehead atoms. The van der Waals surface area contributed by atoms with Crippen molar-refractivity contribution in [2.45, 2.75) is 25.7 Å². The Morgan fingerprint density at radius 1 is 0.923 bits per heavy atom. The highest BCUT2D eigenvalue weighted by Gasteiger charge is 2.09. The SMILES string of the molecule is c1ccc2[nH]c(Oc3ccc(OCCCN4CCCCC4)cc3)nc2c1. The molecule has 1 aliphatic heterocycles. The monoisotopic (exact) mass is 351 g/mol. The van der Waals surface area contributed by atoms with E-state index in [1.807, 2.05) is 48.5 Å². The Hall–Kier alpha value is -2.53. The van der Waals surface area contributed by atoms with E-state index < -0.39 is 0 Å². The zero-order valence-electron chi connectivity index (χ0n) is 15.0. The highest BCUT2D eigenvalue weighted by molar-refractivity contribution is 5.75. The molecule has 136 valence electrons. The summed E-state index contributed by atoms with van der Waals surface area (Å²) in [7, 11) is 0. The molecule has 3 aromatic rings. The predicted molar refractivity (Wildman–Crippen MR) is 103 cm³/mol. The van der Waals surface area contributed by atoms with Crippen molar-refractivity contribution in [2.24, 2.45) is 0 Å². The molecule has 0 saturated carbocycles. The van der Waals surface area contributed by atoms with E-state index in [0.29, 0.717) is 6.01 Å². The Labute approximate surface area is 153 Å². The fourth-order valence-electron chi connectivity index (χ4n) is 3.35. The number of aromatic amines is 1. The number of para-hydroxylation sites is 2. The first-order valence-electron chi connectivity index (χ1n) is 9.45. The van der Waals surface area contributed by atoms with Crippen molar-refractivity contribution in [3.63, 3.8) is 0 Å². The number of hydrogen-bond acceptors (Lipinski definition) is 4. The molecule has 0 radical (unpaired) electrons. The van der Waals surface area contributed by atoms with Crippen LogP contribution in [0.1, 0.15) is 25.7 Å². The van der Waals surface area contributed by atoms with Crippen LogP contribution in [0.2, 0.25) is 0 Å². The summed E-state index contributed by atoms with van der Waals surface area (Å²) in [6.07, 6.45) is 5.13. The van der Waals surface area contributed by atoms with Gasteiger partial charge in [-0.25, -0.2) is 0 Å². The van der Waals surface area contributed by atoms with Crippen LogP contribution in [-0.4, -0.2) is 41.1 Å². The summed E-state index contributed by atoms with van der Waals surface area (Å²) in [6.45, 7) is 4.37. The Morgan fingerprint density at radius 2 is 1.69 bits per heavy atom. The minimum atomic E-state index is 0.501. The number of hydrogen-bond donors (Lipinski definition) is 1. The fourth-order valence-corrected chi connectivity index (χ4v) is 3.35. The van der Waals surface area contributed by atoms with Crippen molar-refractivity contribution >= 4 is 11.0 Å². The van der Waals surface area contributed by atoms with Gasteiger partial charge in [-0.15, -0.1) is 0 Å². The summed E-state index contributed by atoms with van der Waals surface area (Å²) >= 11 is 0. The molecule has 0 aliphatic carbocycles. The second-order valence-electron chi connectivity index (χ2n) is 6.74. The molecular formula is C21H25N3O2. The number of likely N-dealkylation sites (tertiary alicyclic amines) is 1. The first-order chi connectivity index (χ1) is 12.9. The second-order valence-corrected chi connectivity index (χ2v) is 6.74. The van der Waals surface area contributed by atoms with E-state index >= 15 is 0 Å². The molecule has 1 fully saturated rings. The minimum Gasteiger partial charge on any atom is -0.494 e. The number of H-pyrrole nitrogens is 1. The topological polar surface area (TPSA) is 50.4 Å². The molecule has 26 heavy (non-hydrogen) atoms. The molecule has 0 spiro atoms. The van der Waals surface area contributed by atoms with E-state index in [0.717, 1.165) is 42.1 Å². The van der Waals surface area contributed by atoms with Gasteiger partial charge >= 0.3 is 0 Å². The first-order valence-corrected chi connectivity index (χ1v) is 9.45. The number of nitrogens with one attached hydrogen (secondary N) is 1. The van der Waals surface area contributed by atoms with Crippen LogP contribution in [0.15, 0.2) is 48.5 Å². The molecule has 4 rings (SSSR count). The standard InChI is InChI=1S/C21H25N3O2/c1-4-13-24(14-5-1)15-6-16-25-17-9-11-18(12-10-17)26-21-22-19-7-2-3-8-20(19)23-21/h2-3,7-12H,1,4-6,13-16H2,(H,22,23). The van der Waals surface area contributed by atoms with Crippen LogP contribution in [0.25, 0.3) is 11.0 Å². The lowest BCUT2D eigenvalue weighted by Gasteiger charge is -2.26. The maximum absolute atomic E-state index is 5.84. The zero-order valence-corrected chi connectivity index (χ0v) is 15.0. The quantitative estimate of drug-likeness (QED) is 0.632. The van der Waals surface area contributed by atoms with Gasteiger partial charge in [-0.2, -0.15) is 4.98 Å². The summed E-state index contributed by atoms with van der Waals surface area (Å²) in [6, 6.07) is 16.1. The van der Waals surface area contributed by atoms with E-state index in [1.165, 1.54) is 32.4 Å². The molecular weight excluding hydrogens is 326 g/mol. The predicted octanol–water partition coefficient (Wildman–Crippen LogP) is 4.61. The number of benzene rings is 2. The van der Waals surface area contributed by atoms with Gasteiger partial charge in [-0.05, 0) is 68.8 Å². The largest absolute Gasteiger partial charge is 0.494 e. The number of ether oxygens (including phenoxy) is 2. The molecule has 1 saturated heterocycles. The number of aromatic nitrogens is 2. The lowest BCUT2D eigenvalue weighted by molar-refractivity contribution is 0.205. The van der Waals surface area contributed by atoms with E-state index in [2.05, 4.69) is 14.9 Å². The van der Waals surface area contributed by atoms with Crippen LogP contribution >= 0.6 is 0 Å². The van der Waals surface area contributed by atoms with Crippen molar-refractivity contribution in [2.75, 3.05) is 26.2 Å².